The third-order valence-electron chi connectivity index (χ3n) is 8.69. The molecular formula is C31H34F2N6O3. The first-order chi connectivity index (χ1) is 20.3. The second kappa shape index (κ2) is 11.7. The van der Waals surface area contributed by atoms with Gasteiger partial charge in [0.25, 0.3) is 0 Å². The summed E-state index contributed by atoms with van der Waals surface area (Å²) in [4.78, 5) is 29.3. The summed E-state index contributed by atoms with van der Waals surface area (Å²) in [5, 5.41) is 7.75. The molecule has 2 N–H and O–H groups in total. The number of methoxy groups -OCH3 is 1. The van der Waals surface area contributed by atoms with Crippen molar-refractivity contribution in [1.29, 1.82) is 0 Å². The van der Waals surface area contributed by atoms with Crippen molar-refractivity contribution in [3.63, 3.8) is 0 Å². The lowest BCUT2D eigenvalue weighted by atomic mass is 9.93. The number of benzene rings is 2. The highest BCUT2D eigenvalue weighted by Crippen LogP contribution is 2.49. The Morgan fingerprint density at radius 3 is 2.76 bits per heavy atom. The molecule has 1 unspecified atom stereocenters. The highest BCUT2D eigenvalue weighted by Gasteiger charge is 2.42. The van der Waals surface area contributed by atoms with Crippen LogP contribution in [-0.2, 0) is 9.63 Å². The minimum Gasteiger partial charge on any atom is -0.495 e. The van der Waals surface area contributed by atoms with E-state index in [1.165, 1.54) is 30.0 Å². The summed E-state index contributed by atoms with van der Waals surface area (Å²) < 4.78 is 34.3. The van der Waals surface area contributed by atoms with Gasteiger partial charge in [-0.1, -0.05) is 6.58 Å². The fourth-order valence-electron chi connectivity index (χ4n) is 6.66. The van der Waals surface area contributed by atoms with E-state index in [1.54, 1.807) is 13.2 Å². The number of likely N-dealkylation sites (tertiary alicyclic amines) is 1. The topological polar surface area (TPSA) is 91.9 Å². The Bertz CT molecular complexity index is 1500. The number of fused-ring (bicyclic) bond motifs is 1. The number of carbonyl (C=O) groups is 1. The number of carbonyl (C=O) groups excluding carboxylic acids is 1. The summed E-state index contributed by atoms with van der Waals surface area (Å²) >= 11 is 0. The van der Waals surface area contributed by atoms with Gasteiger partial charge in [0.1, 0.15) is 29.5 Å². The van der Waals surface area contributed by atoms with Crippen LogP contribution in [0, 0.1) is 17.6 Å². The Kier molecular flexibility index (Phi) is 7.78. The molecule has 9 nitrogen and oxygen atoms in total. The largest absolute Gasteiger partial charge is 0.495 e. The molecule has 4 atom stereocenters. The van der Waals surface area contributed by atoms with E-state index in [1.807, 2.05) is 12.1 Å². The number of ether oxygens (including phenoxy) is 1. The predicted octanol–water partition coefficient (Wildman–Crippen LogP) is 5.71. The standard InChI is InChI=1S/C31H34F2N6O3/c1-4-31(40)37-24-15-25(28(41-3)14-21(24)19-11-18-7-9-38(2)27(18)12-19)36-29-16-30(35-17-34-29)39-26(8-10-42-39)22-13-20(32)5-6-23(22)33/h4-6,13-19,26-27H,1,7-12H2,2-3H3,(H,37,40)(H,34,35,36)/t18-,19?,26-,27+/m1/s1. The van der Waals surface area contributed by atoms with Gasteiger partial charge < -0.3 is 20.3 Å². The van der Waals surface area contributed by atoms with Gasteiger partial charge in [0.2, 0.25) is 5.91 Å². The zero-order valence-corrected chi connectivity index (χ0v) is 23.6. The number of amides is 1. The molecule has 2 aromatic carbocycles. The van der Waals surface area contributed by atoms with Crippen LogP contribution < -0.4 is 20.4 Å². The number of nitrogens with zero attached hydrogens (tertiary/aromatic N) is 4. The molecule has 42 heavy (non-hydrogen) atoms. The van der Waals surface area contributed by atoms with Crippen LogP contribution in [0.4, 0.5) is 31.8 Å². The van der Waals surface area contributed by atoms with Gasteiger partial charge in [-0.2, -0.15) is 0 Å². The van der Waals surface area contributed by atoms with E-state index in [4.69, 9.17) is 9.57 Å². The molecule has 2 saturated heterocycles. The summed E-state index contributed by atoms with van der Waals surface area (Å²) in [6.07, 6.45) is 6.35. The molecule has 2 aliphatic heterocycles. The van der Waals surface area contributed by atoms with Crippen LogP contribution in [0.1, 0.15) is 48.8 Å². The molecule has 11 heteroatoms. The van der Waals surface area contributed by atoms with E-state index in [-0.39, 0.29) is 17.4 Å². The van der Waals surface area contributed by atoms with Crippen molar-refractivity contribution < 1.29 is 23.1 Å². The maximum absolute atomic E-state index is 14.6. The summed E-state index contributed by atoms with van der Waals surface area (Å²) in [5.74, 6) is 1.01. The normalized spacial score (nSPS) is 23.6. The van der Waals surface area contributed by atoms with Crippen LogP contribution >= 0.6 is 0 Å². The minimum atomic E-state index is -0.553. The van der Waals surface area contributed by atoms with Crippen LogP contribution in [0.3, 0.4) is 0 Å². The second-order valence-corrected chi connectivity index (χ2v) is 11.1. The average Bonchev–Trinajstić information content (AvgIpc) is 3.72. The maximum Gasteiger partial charge on any atom is 0.247 e. The highest BCUT2D eigenvalue weighted by molar-refractivity contribution is 6.00. The number of rotatable bonds is 8. The number of aromatic nitrogens is 2. The second-order valence-electron chi connectivity index (χ2n) is 11.1. The van der Waals surface area contributed by atoms with E-state index in [9.17, 15) is 13.6 Å². The van der Waals surface area contributed by atoms with Gasteiger partial charge in [0, 0.05) is 29.8 Å². The average molecular weight is 577 g/mol. The van der Waals surface area contributed by atoms with Gasteiger partial charge in [0.15, 0.2) is 5.82 Å². The number of hydrogen-bond acceptors (Lipinski definition) is 8. The van der Waals surface area contributed by atoms with Crippen LogP contribution in [0.15, 0.2) is 55.4 Å². The number of nitrogens with one attached hydrogen (secondary N) is 2. The smallest absolute Gasteiger partial charge is 0.247 e. The first-order valence-corrected chi connectivity index (χ1v) is 14.2. The molecule has 0 spiro atoms. The summed E-state index contributed by atoms with van der Waals surface area (Å²) in [6.45, 7) is 5.06. The maximum atomic E-state index is 14.6. The first kappa shape index (κ1) is 28.0. The van der Waals surface area contributed by atoms with Crippen molar-refractivity contribution in [1.82, 2.24) is 14.9 Å². The Morgan fingerprint density at radius 1 is 1.12 bits per heavy atom. The minimum absolute atomic E-state index is 0.197. The zero-order valence-electron chi connectivity index (χ0n) is 23.6. The number of anilines is 4. The summed E-state index contributed by atoms with van der Waals surface area (Å²) in [7, 11) is 3.78. The monoisotopic (exact) mass is 576 g/mol. The molecule has 0 bridgehead atoms. The van der Waals surface area contributed by atoms with E-state index in [0.717, 1.165) is 37.1 Å². The van der Waals surface area contributed by atoms with Crippen molar-refractivity contribution in [3.05, 3.63) is 78.1 Å². The lowest BCUT2D eigenvalue weighted by Crippen LogP contribution is -2.25. The molecule has 6 rings (SSSR count). The fraction of sp³-hybridized carbons (Fsp3) is 0.387. The van der Waals surface area contributed by atoms with Gasteiger partial charge in [-0.3, -0.25) is 9.63 Å². The van der Waals surface area contributed by atoms with Gasteiger partial charge in [-0.25, -0.2) is 23.8 Å². The molecule has 3 aromatic rings. The van der Waals surface area contributed by atoms with Gasteiger partial charge >= 0.3 is 0 Å². The SMILES string of the molecule is C=CC(=O)Nc1cc(Nc2cc(N3OCC[C@@H]3c3cc(F)ccc3F)ncn2)c(OC)cc1C1C[C@H]2CCN(C)[C@H]2C1. The van der Waals surface area contributed by atoms with E-state index in [0.29, 0.717) is 53.7 Å². The van der Waals surface area contributed by atoms with Gasteiger partial charge in [0.05, 0.1) is 25.4 Å². The Hall–Kier alpha value is -4.09. The molecule has 1 amide bonds. The molecule has 3 fully saturated rings. The molecule has 1 aliphatic carbocycles. The third-order valence-corrected chi connectivity index (χ3v) is 8.69. The van der Waals surface area contributed by atoms with Crippen molar-refractivity contribution >= 4 is 28.9 Å². The zero-order chi connectivity index (χ0) is 29.4. The third kappa shape index (κ3) is 5.41. The lowest BCUT2D eigenvalue weighted by Gasteiger charge is -2.24. The Labute approximate surface area is 243 Å². The van der Waals surface area contributed by atoms with Crippen LogP contribution in [0.2, 0.25) is 0 Å². The van der Waals surface area contributed by atoms with Crippen LogP contribution in [-0.4, -0.2) is 54.1 Å². The van der Waals surface area contributed by atoms with E-state index < -0.39 is 17.7 Å². The fourth-order valence-corrected chi connectivity index (χ4v) is 6.66. The van der Waals surface area contributed by atoms with Gasteiger partial charge in [-0.05, 0) is 86.7 Å². The van der Waals surface area contributed by atoms with E-state index in [2.05, 4.69) is 39.1 Å². The molecule has 3 heterocycles. The molecule has 220 valence electrons. The van der Waals surface area contributed by atoms with E-state index >= 15 is 0 Å². The van der Waals surface area contributed by atoms with Crippen molar-refractivity contribution in [2.75, 3.05) is 43.0 Å². The Morgan fingerprint density at radius 2 is 1.98 bits per heavy atom. The number of hydroxylamine groups is 1. The number of halogens is 2. The molecule has 0 radical (unpaired) electrons. The van der Waals surface area contributed by atoms with Crippen molar-refractivity contribution in [2.45, 2.75) is 43.7 Å². The summed E-state index contributed by atoms with van der Waals surface area (Å²) in [6, 6.07) is 8.88. The highest BCUT2D eigenvalue weighted by atomic mass is 19.1. The molecule has 1 saturated carbocycles. The van der Waals surface area contributed by atoms with Crippen LogP contribution in [0.5, 0.6) is 5.75 Å². The van der Waals surface area contributed by atoms with Crippen LogP contribution in [0.25, 0.3) is 0 Å². The van der Waals surface area contributed by atoms with Gasteiger partial charge in [-0.15, -0.1) is 0 Å². The first-order valence-electron chi connectivity index (χ1n) is 14.2. The number of hydrogen-bond donors (Lipinski definition) is 2. The molecule has 3 aliphatic rings. The molecular weight excluding hydrogens is 542 g/mol. The Balaban J connectivity index is 1.30. The summed E-state index contributed by atoms with van der Waals surface area (Å²) in [5.41, 5.74) is 2.51. The quantitative estimate of drug-likeness (QED) is 0.330. The lowest BCUT2D eigenvalue weighted by molar-refractivity contribution is -0.111. The van der Waals surface area contributed by atoms with Crippen molar-refractivity contribution in [2.24, 2.45) is 5.92 Å². The predicted molar refractivity (Wildman–Crippen MR) is 156 cm³/mol. The molecule has 1 aromatic heterocycles. The van der Waals surface area contributed by atoms with Crippen molar-refractivity contribution in [3.8, 4) is 5.75 Å².